The van der Waals surface area contributed by atoms with Gasteiger partial charge in [-0.2, -0.15) is 0 Å². The molecule has 8 heteroatoms. The van der Waals surface area contributed by atoms with Gasteiger partial charge >= 0.3 is 5.97 Å². The molecule has 10 atom stereocenters. The number of aliphatic hydroxyl groups is 5. The first-order chi connectivity index (χ1) is 19.4. The van der Waals surface area contributed by atoms with Crippen molar-refractivity contribution in [2.24, 2.45) is 28.6 Å². The SMILES string of the molecule is CC(C)(O)CC[C@@H](OC(=O)c1ccccc1)[C@](C)(O)[C@H]1CC[C@@]2(O)C3=CC(=O)[C@H]4C[C@@H](O)[C@@H](O)C[C@]4(C)[C@H]3CC[C@]12C. The van der Waals surface area contributed by atoms with Crippen LogP contribution in [0.25, 0.3) is 0 Å². The molecule has 5 N–H and O–H groups in total. The number of rotatable bonds is 7. The van der Waals surface area contributed by atoms with E-state index in [9.17, 15) is 35.1 Å². The van der Waals surface area contributed by atoms with Gasteiger partial charge in [0.1, 0.15) is 11.7 Å². The Kier molecular flexibility index (Phi) is 7.84. The minimum Gasteiger partial charge on any atom is -0.456 e. The molecule has 8 nitrogen and oxygen atoms in total. The van der Waals surface area contributed by atoms with Crippen LogP contribution in [0.5, 0.6) is 0 Å². The predicted molar refractivity (Wildman–Crippen MR) is 156 cm³/mol. The highest BCUT2D eigenvalue weighted by molar-refractivity contribution is 5.95. The van der Waals surface area contributed by atoms with E-state index < -0.39 is 63.8 Å². The molecule has 3 fully saturated rings. The fraction of sp³-hybridized carbons (Fsp3) is 0.706. The van der Waals surface area contributed by atoms with E-state index >= 15 is 0 Å². The van der Waals surface area contributed by atoms with Gasteiger partial charge < -0.3 is 30.3 Å². The third-order valence-corrected chi connectivity index (χ3v) is 11.8. The first-order valence-electron chi connectivity index (χ1n) is 15.5. The molecule has 0 radical (unpaired) electrons. The number of allylic oxidation sites excluding steroid dienone is 1. The number of fused-ring (bicyclic) bond motifs is 5. The maximum absolute atomic E-state index is 13.5. The summed E-state index contributed by atoms with van der Waals surface area (Å²) in [5.41, 5.74) is -4.30. The lowest BCUT2D eigenvalue weighted by molar-refractivity contribution is -0.177. The van der Waals surface area contributed by atoms with Gasteiger partial charge in [-0.3, -0.25) is 4.79 Å². The van der Waals surface area contributed by atoms with E-state index in [0.29, 0.717) is 43.2 Å². The van der Waals surface area contributed by atoms with Gasteiger partial charge in [-0.1, -0.05) is 32.0 Å². The summed E-state index contributed by atoms with van der Waals surface area (Å²) in [4.78, 5) is 26.7. The molecule has 0 saturated heterocycles. The third kappa shape index (κ3) is 4.97. The van der Waals surface area contributed by atoms with Crippen molar-refractivity contribution in [2.45, 2.75) is 121 Å². The van der Waals surface area contributed by atoms with Crippen LogP contribution < -0.4 is 0 Å². The Hall–Kier alpha value is -2.10. The highest BCUT2D eigenvalue weighted by Crippen LogP contribution is 2.68. The van der Waals surface area contributed by atoms with E-state index in [1.54, 1.807) is 57.2 Å². The molecule has 0 spiro atoms. The van der Waals surface area contributed by atoms with E-state index in [1.807, 2.05) is 13.8 Å². The van der Waals surface area contributed by atoms with Crippen LogP contribution in [0.15, 0.2) is 42.0 Å². The van der Waals surface area contributed by atoms with E-state index in [1.165, 1.54) is 0 Å². The second kappa shape index (κ2) is 10.5. The van der Waals surface area contributed by atoms with Crippen molar-refractivity contribution < 1.29 is 39.9 Å². The lowest BCUT2D eigenvalue weighted by Crippen LogP contribution is -2.63. The third-order valence-electron chi connectivity index (χ3n) is 11.8. The summed E-state index contributed by atoms with van der Waals surface area (Å²) in [6.45, 7) is 9.00. The summed E-state index contributed by atoms with van der Waals surface area (Å²) < 4.78 is 6.00. The van der Waals surface area contributed by atoms with Crippen molar-refractivity contribution in [3.63, 3.8) is 0 Å². The molecule has 4 aliphatic rings. The molecule has 0 aliphatic heterocycles. The number of aliphatic hydroxyl groups excluding tert-OH is 2. The minimum atomic E-state index is -1.54. The van der Waals surface area contributed by atoms with Crippen LogP contribution in [0, 0.1) is 28.6 Å². The second-order valence-corrected chi connectivity index (χ2v) is 14.9. The molecule has 0 heterocycles. The standard InChI is InChI=1S/C34H48O8/c1-30(2,39)14-13-28(42-29(38)20-9-7-6-8-10-20)33(5,40)27-12-16-34(41)22-17-24(35)23-18-25(36)26(37)19-31(23,3)21(22)11-15-32(27,34)4/h6-10,17,21,23,25-28,36-37,39-41H,11-16,18-19H2,1-5H3/t21-,23+,25+,26-,27-,28+,31+,32+,33+,34+/m0/s1. The predicted octanol–water partition coefficient (Wildman–Crippen LogP) is 3.72. The molecule has 0 aromatic heterocycles. The Labute approximate surface area is 248 Å². The van der Waals surface area contributed by atoms with Gasteiger partial charge in [-0.05, 0) is 113 Å². The number of hydrogen-bond acceptors (Lipinski definition) is 8. The molecule has 1 aromatic carbocycles. The molecular weight excluding hydrogens is 536 g/mol. The van der Waals surface area contributed by atoms with Gasteiger partial charge in [0.2, 0.25) is 0 Å². The highest BCUT2D eigenvalue weighted by atomic mass is 16.6. The first kappa shape index (κ1) is 31.3. The quantitative estimate of drug-likeness (QED) is 0.305. The summed E-state index contributed by atoms with van der Waals surface area (Å²) >= 11 is 0. The summed E-state index contributed by atoms with van der Waals surface area (Å²) in [6.07, 6.45) is 1.84. The minimum absolute atomic E-state index is 0.123. The topological polar surface area (TPSA) is 145 Å². The summed E-state index contributed by atoms with van der Waals surface area (Å²) in [5, 5.41) is 56.3. The lowest BCUT2D eigenvalue weighted by atomic mass is 9.45. The number of benzene rings is 1. The Morgan fingerprint density at radius 1 is 1.02 bits per heavy atom. The van der Waals surface area contributed by atoms with Crippen molar-refractivity contribution in [3.8, 4) is 0 Å². The Balaban J connectivity index is 1.48. The van der Waals surface area contributed by atoms with Gasteiger partial charge in [0.05, 0.1) is 29.0 Å². The summed E-state index contributed by atoms with van der Waals surface area (Å²) in [5.74, 6) is -1.70. The fourth-order valence-electron chi connectivity index (χ4n) is 9.26. The van der Waals surface area contributed by atoms with E-state index in [-0.39, 0.29) is 31.0 Å². The van der Waals surface area contributed by atoms with E-state index in [4.69, 9.17) is 4.74 Å². The van der Waals surface area contributed by atoms with E-state index in [0.717, 1.165) is 0 Å². The molecule has 232 valence electrons. The van der Waals surface area contributed by atoms with Gasteiger partial charge in [-0.15, -0.1) is 0 Å². The fourth-order valence-corrected chi connectivity index (χ4v) is 9.26. The zero-order valence-corrected chi connectivity index (χ0v) is 25.5. The molecule has 0 bridgehead atoms. The number of carbonyl (C=O) groups is 2. The van der Waals surface area contributed by atoms with Gasteiger partial charge in [-0.25, -0.2) is 4.79 Å². The molecule has 4 aliphatic carbocycles. The maximum atomic E-state index is 13.5. The molecule has 42 heavy (non-hydrogen) atoms. The number of carbonyl (C=O) groups excluding carboxylic acids is 2. The van der Waals surface area contributed by atoms with Crippen molar-refractivity contribution in [1.29, 1.82) is 0 Å². The van der Waals surface area contributed by atoms with Crippen molar-refractivity contribution in [1.82, 2.24) is 0 Å². The number of ketones is 1. The molecule has 0 unspecified atom stereocenters. The van der Waals surface area contributed by atoms with E-state index in [2.05, 4.69) is 0 Å². The largest absolute Gasteiger partial charge is 0.456 e. The summed E-state index contributed by atoms with van der Waals surface area (Å²) in [7, 11) is 0. The molecular formula is C34H48O8. The van der Waals surface area contributed by atoms with Crippen molar-refractivity contribution in [2.75, 3.05) is 0 Å². The van der Waals surface area contributed by atoms with Crippen molar-refractivity contribution >= 4 is 11.8 Å². The average molecular weight is 585 g/mol. The van der Waals surface area contributed by atoms with Crippen LogP contribution >= 0.6 is 0 Å². The van der Waals surface area contributed by atoms with Gasteiger partial charge in [0, 0.05) is 11.3 Å². The van der Waals surface area contributed by atoms with Crippen LogP contribution in [-0.2, 0) is 9.53 Å². The lowest BCUT2D eigenvalue weighted by Gasteiger charge is -2.60. The van der Waals surface area contributed by atoms with Gasteiger partial charge in [0.25, 0.3) is 0 Å². The number of ether oxygens (including phenoxy) is 1. The normalized spacial score (nSPS) is 40.2. The van der Waals surface area contributed by atoms with Crippen molar-refractivity contribution in [3.05, 3.63) is 47.5 Å². The molecule has 3 saturated carbocycles. The molecule has 0 amide bonds. The Morgan fingerprint density at radius 3 is 2.33 bits per heavy atom. The molecule has 5 rings (SSSR count). The number of esters is 1. The van der Waals surface area contributed by atoms with Gasteiger partial charge in [0.15, 0.2) is 5.78 Å². The van der Waals surface area contributed by atoms with Crippen LogP contribution in [0.1, 0.15) is 96.3 Å². The second-order valence-electron chi connectivity index (χ2n) is 14.9. The average Bonchev–Trinajstić information content (AvgIpc) is 3.20. The van der Waals surface area contributed by atoms with Crippen LogP contribution in [0.4, 0.5) is 0 Å². The Bertz CT molecular complexity index is 1230. The zero-order chi connectivity index (χ0) is 30.9. The van der Waals surface area contributed by atoms with Crippen LogP contribution in [0.3, 0.4) is 0 Å². The van der Waals surface area contributed by atoms with Crippen LogP contribution in [0.2, 0.25) is 0 Å². The number of hydrogen-bond donors (Lipinski definition) is 5. The zero-order valence-electron chi connectivity index (χ0n) is 25.5. The monoisotopic (exact) mass is 584 g/mol. The molecule has 1 aromatic rings. The summed E-state index contributed by atoms with van der Waals surface area (Å²) in [6, 6.07) is 8.60. The highest BCUT2D eigenvalue weighted by Gasteiger charge is 2.69. The maximum Gasteiger partial charge on any atom is 0.338 e. The Morgan fingerprint density at radius 2 is 1.69 bits per heavy atom. The van der Waals surface area contributed by atoms with Crippen LogP contribution in [-0.4, -0.2) is 72.4 Å². The first-order valence-corrected chi connectivity index (χ1v) is 15.5. The smallest absolute Gasteiger partial charge is 0.338 e.